The molecule has 1 N–H and O–H groups in total. The summed E-state index contributed by atoms with van der Waals surface area (Å²) >= 11 is 0. The van der Waals surface area contributed by atoms with E-state index in [9.17, 15) is 4.79 Å². The minimum absolute atomic E-state index is 0.000521. The van der Waals surface area contributed by atoms with Crippen LogP contribution in [-0.2, 0) is 6.54 Å². The largest absolute Gasteiger partial charge is 0.349 e. The van der Waals surface area contributed by atoms with E-state index in [0.717, 1.165) is 43.6 Å². The van der Waals surface area contributed by atoms with Crippen molar-refractivity contribution < 1.29 is 4.79 Å². The van der Waals surface area contributed by atoms with Crippen molar-refractivity contribution in [3.05, 3.63) is 77.9 Å². The average molecular weight is 402 g/mol. The standard InChI is InChI=1S/C24H27N5O/c1-17-11-19(14-25-12-17)24(30)27-22-7-8-23-21(22)9-10-28(23)15-18-13-26-29(16-18)20-5-3-2-4-6-20/h2-6,11-14,16,21-23H,7-10,15H2,1H3,(H,27,30)/t21-,22-,23+/m0/s1. The molecule has 3 aromatic rings. The van der Waals surface area contributed by atoms with Crippen molar-refractivity contribution in [2.75, 3.05) is 6.54 Å². The van der Waals surface area contributed by atoms with Crippen LogP contribution >= 0.6 is 0 Å². The fraction of sp³-hybridized carbons (Fsp3) is 0.375. The van der Waals surface area contributed by atoms with Gasteiger partial charge in [0, 0.05) is 42.8 Å². The van der Waals surface area contributed by atoms with E-state index in [0.29, 0.717) is 17.5 Å². The number of carbonyl (C=O) groups is 1. The van der Waals surface area contributed by atoms with Crippen molar-refractivity contribution in [1.82, 2.24) is 25.0 Å². The van der Waals surface area contributed by atoms with Crippen LogP contribution in [0, 0.1) is 12.8 Å². The summed E-state index contributed by atoms with van der Waals surface area (Å²) in [6.07, 6.45) is 10.8. The molecule has 0 radical (unpaired) electrons. The molecule has 2 aliphatic rings. The molecule has 1 aromatic carbocycles. The van der Waals surface area contributed by atoms with Gasteiger partial charge in [0.2, 0.25) is 0 Å². The zero-order valence-corrected chi connectivity index (χ0v) is 17.2. The van der Waals surface area contributed by atoms with Crippen LogP contribution in [0.3, 0.4) is 0 Å². The molecule has 1 aliphatic carbocycles. The number of benzene rings is 1. The average Bonchev–Trinajstić information content (AvgIpc) is 3.48. The van der Waals surface area contributed by atoms with Crippen molar-refractivity contribution >= 4 is 5.91 Å². The second kappa shape index (κ2) is 8.03. The fourth-order valence-electron chi connectivity index (χ4n) is 5.08. The number of aromatic nitrogens is 3. The molecule has 3 heterocycles. The first-order chi connectivity index (χ1) is 14.7. The summed E-state index contributed by atoms with van der Waals surface area (Å²) in [5.41, 5.74) is 3.98. The molecule has 1 saturated carbocycles. The van der Waals surface area contributed by atoms with Crippen LogP contribution < -0.4 is 5.32 Å². The number of carbonyl (C=O) groups excluding carboxylic acids is 1. The van der Waals surface area contributed by atoms with E-state index in [1.807, 2.05) is 42.1 Å². The quantitative estimate of drug-likeness (QED) is 0.712. The van der Waals surface area contributed by atoms with Crippen molar-refractivity contribution in [2.45, 2.75) is 44.8 Å². The molecular weight excluding hydrogens is 374 g/mol. The van der Waals surface area contributed by atoms with E-state index in [4.69, 9.17) is 0 Å². The van der Waals surface area contributed by atoms with Crippen LogP contribution in [0.15, 0.2) is 61.2 Å². The zero-order valence-electron chi connectivity index (χ0n) is 17.2. The summed E-state index contributed by atoms with van der Waals surface area (Å²) in [5, 5.41) is 7.82. The SMILES string of the molecule is Cc1cncc(C(=O)N[C@H]2CC[C@@H]3[C@H]2CCN3Cc2cnn(-c3ccccc3)c2)c1. The van der Waals surface area contributed by atoms with Crippen molar-refractivity contribution in [1.29, 1.82) is 0 Å². The molecule has 2 aromatic heterocycles. The number of pyridine rings is 1. The van der Waals surface area contributed by atoms with Gasteiger partial charge < -0.3 is 5.32 Å². The Balaban J connectivity index is 1.22. The summed E-state index contributed by atoms with van der Waals surface area (Å²) in [7, 11) is 0. The third-order valence-electron chi connectivity index (χ3n) is 6.50. The van der Waals surface area contributed by atoms with Crippen molar-refractivity contribution in [3.63, 3.8) is 0 Å². The molecule has 3 atom stereocenters. The van der Waals surface area contributed by atoms with Crippen LogP contribution in [0.2, 0.25) is 0 Å². The number of nitrogens with one attached hydrogen (secondary N) is 1. The first-order valence-corrected chi connectivity index (χ1v) is 10.7. The van der Waals surface area contributed by atoms with Crippen molar-refractivity contribution in [3.8, 4) is 5.69 Å². The predicted molar refractivity (Wildman–Crippen MR) is 115 cm³/mol. The number of amides is 1. The lowest BCUT2D eigenvalue weighted by molar-refractivity contribution is 0.0926. The van der Waals surface area contributed by atoms with Crippen LogP contribution in [-0.4, -0.2) is 44.2 Å². The Morgan fingerprint density at radius 2 is 2.00 bits per heavy atom. The smallest absolute Gasteiger partial charge is 0.253 e. The molecule has 6 heteroatoms. The van der Waals surface area contributed by atoms with Crippen LogP contribution in [0.1, 0.15) is 40.7 Å². The van der Waals surface area contributed by atoms with Gasteiger partial charge in [-0.25, -0.2) is 4.68 Å². The molecule has 5 rings (SSSR count). The second-order valence-electron chi connectivity index (χ2n) is 8.53. The maximum absolute atomic E-state index is 12.7. The molecule has 6 nitrogen and oxygen atoms in total. The first-order valence-electron chi connectivity index (χ1n) is 10.7. The van der Waals surface area contributed by atoms with Crippen LogP contribution in [0.5, 0.6) is 0 Å². The third kappa shape index (κ3) is 3.75. The topological polar surface area (TPSA) is 63.1 Å². The number of likely N-dealkylation sites (tertiary alicyclic amines) is 1. The third-order valence-corrected chi connectivity index (χ3v) is 6.50. The highest BCUT2D eigenvalue weighted by molar-refractivity contribution is 5.94. The van der Waals surface area contributed by atoms with E-state index in [-0.39, 0.29) is 11.9 Å². The van der Waals surface area contributed by atoms with E-state index in [1.54, 1.807) is 12.4 Å². The van der Waals surface area contributed by atoms with Gasteiger partial charge in [-0.15, -0.1) is 0 Å². The van der Waals surface area contributed by atoms with E-state index >= 15 is 0 Å². The number of para-hydroxylation sites is 1. The van der Waals surface area contributed by atoms with Gasteiger partial charge in [0.15, 0.2) is 0 Å². The normalized spacial score (nSPS) is 23.4. The highest BCUT2D eigenvalue weighted by Crippen LogP contribution is 2.39. The minimum Gasteiger partial charge on any atom is -0.349 e. The lowest BCUT2D eigenvalue weighted by Gasteiger charge is -2.24. The van der Waals surface area contributed by atoms with Gasteiger partial charge in [0.25, 0.3) is 5.91 Å². The molecule has 154 valence electrons. The highest BCUT2D eigenvalue weighted by Gasteiger charge is 2.44. The van der Waals surface area contributed by atoms with Crippen LogP contribution in [0.25, 0.3) is 5.69 Å². The van der Waals surface area contributed by atoms with E-state index in [2.05, 4.69) is 38.6 Å². The number of aryl methyl sites for hydroxylation is 1. The lowest BCUT2D eigenvalue weighted by atomic mass is 9.99. The molecule has 1 aliphatic heterocycles. The Labute approximate surface area is 176 Å². The van der Waals surface area contributed by atoms with Gasteiger partial charge in [0.05, 0.1) is 17.4 Å². The lowest BCUT2D eigenvalue weighted by Crippen LogP contribution is -2.39. The monoisotopic (exact) mass is 401 g/mol. The Kier molecular flexibility index (Phi) is 5.09. The van der Waals surface area contributed by atoms with Gasteiger partial charge in [-0.2, -0.15) is 5.10 Å². The Hall–Kier alpha value is -2.99. The van der Waals surface area contributed by atoms with Gasteiger partial charge in [-0.3, -0.25) is 14.7 Å². The van der Waals surface area contributed by atoms with Crippen molar-refractivity contribution in [2.24, 2.45) is 5.92 Å². The molecule has 2 fully saturated rings. The summed E-state index contributed by atoms with van der Waals surface area (Å²) in [5.74, 6) is 0.523. The Morgan fingerprint density at radius 1 is 1.13 bits per heavy atom. The number of rotatable bonds is 5. The van der Waals surface area contributed by atoms with E-state index in [1.165, 1.54) is 5.56 Å². The molecule has 0 unspecified atom stereocenters. The maximum atomic E-state index is 12.7. The van der Waals surface area contributed by atoms with Gasteiger partial charge in [-0.05, 0) is 62.4 Å². The second-order valence-corrected chi connectivity index (χ2v) is 8.53. The fourth-order valence-corrected chi connectivity index (χ4v) is 5.08. The molecule has 1 saturated heterocycles. The molecule has 0 spiro atoms. The summed E-state index contributed by atoms with van der Waals surface area (Å²) < 4.78 is 1.94. The van der Waals surface area contributed by atoms with E-state index < -0.39 is 0 Å². The number of fused-ring (bicyclic) bond motifs is 1. The Bertz CT molecular complexity index is 1030. The highest BCUT2D eigenvalue weighted by atomic mass is 16.1. The summed E-state index contributed by atoms with van der Waals surface area (Å²) in [4.78, 5) is 19.4. The van der Waals surface area contributed by atoms with Gasteiger partial charge in [0.1, 0.15) is 0 Å². The molecule has 1 amide bonds. The molecule has 0 bridgehead atoms. The summed E-state index contributed by atoms with van der Waals surface area (Å²) in [6, 6.07) is 12.9. The number of nitrogens with zero attached hydrogens (tertiary/aromatic N) is 4. The Morgan fingerprint density at radius 3 is 2.83 bits per heavy atom. The van der Waals surface area contributed by atoms with Gasteiger partial charge in [-0.1, -0.05) is 18.2 Å². The zero-order chi connectivity index (χ0) is 20.5. The summed E-state index contributed by atoms with van der Waals surface area (Å²) in [6.45, 7) is 3.95. The maximum Gasteiger partial charge on any atom is 0.253 e. The van der Waals surface area contributed by atoms with Gasteiger partial charge >= 0.3 is 0 Å². The molecular formula is C24H27N5O. The first kappa shape index (κ1) is 19.0. The van der Waals surface area contributed by atoms with Crippen LogP contribution in [0.4, 0.5) is 0 Å². The number of hydrogen-bond donors (Lipinski definition) is 1. The molecule has 30 heavy (non-hydrogen) atoms. The minimum atomic E-state index is -0.000521. The number of hydrogen-bond acceptors (Lipinski definition) is 4. The predicted octanol–water partition coefficient (Wildman–Crippen LogP) is 3.36.